The molecule has 1 saturated heterocycles. The molecule has 2 heterocycles. The second-order valence-corrected chi connectivity index (χ2v) is 7.62. The summed E-state index contributed by atoms with van der Waals surface area (Å²) in [6, 6.07) is 5.30. The van der Waals surface area contributed by atoms with E-state index in [0.29, 0.717) is 12.1 Å². The molecule has 0 radical (unpaired) electrons. The number of guanidine groups is 1. The molecule has 2 aliphatic rings. The van der Waals surface area contributed by atoms with Gasteiger partial charge in [-0.05, 0) is 30.7 Å². The molecular formula is C17H28N4OS. The summed E-state index contributed by atoms with van der Waals surface area (Å²) >= 11 is 1.76. The zero-order valence-electron chi connectivity index (χ0n) is 14.1. The van der Waals surface area contributed by atoms with Gasteiger partial charge in [-0.1, -0.05) is 13.0 Å². The molecule has 3 rings (SSSR count). The lowest BCUT2D eigenvalue weighted by Crippen LogP contribution is -2.49. The van der Waals surface area contributed by atoms with E-state index < -0.39 is 0 Å². The molecule has 23 heavy (non-hydrogen) atoms. The Hall–Kier alpha value is -1.11. The van der Waals surface area contributed by atoms with Gasteiger partial charge in [0.2, 0.25) is 0 Å². The minimum absolute atomic E-state index is 0.490. The minimum Gasteiger partial charge on any atom is -0.379 e. The van der Waals surface area contributed by atoms with E-state index >= 15 is 0 Å². The molecule has 0 aromatic carbocycles. The second kappa shape index (κ2) is 8.13. The fraction of sp³-hybridized carbons (Fsp3) is 0.706. The van der Waals surface area contributed by atoms with Gasteiger partial charge >= 0.3 is 0 Å². The molecule has 128 valence electrons. The first-order chi connectivity index (χ1) is 11.2. The smallest absolute Gasteiger partial charge is 0.191 e. The van der Waals surface area contributed by atoms with Crippen molar-refractivity contribution in [2.75, 3.05) is 32.8 Å². The number of morpholine rings is 1. The summed E-state index contributed by atoms with van der Waals surface area (Å²) in [6.45, 7) is 9.97. The van der Waals surface area contributed by atoms with Crippen LogP contribution in [-0.2, 0) is 11.3 Å². The van der Waals surface area contributed by atoms with Gasteiger partial charge in [0.05, 0.1) is 19.8 Å². The number of hydrogen-bond donors (Lipinski definition) is 2. The third kappa shape index (κ3) is 5.19. The van der Waals surface area contributed by atoms with E-state index in [0.717, 1.165) is 51.3 Å². The van der Waals surface area contributed by atoms with Crippen LogP contribution in [0.25, 0.3) is 0 Å². The van der Waals surface area contributed by atoms with E-state index in [-0.39, 0.29) is 0 Å². The quantitative estimate of drug-likeness (QED) is 0.615. The fourth-order valence-electron chi connectivity index (χ4n) is 2.80. The first-order valence-electron chi connectivity index (χ1n) is 8.61. The van der Waals surface area contributed by atoms with Gasteiger partial charge in [0.15, 0.2) is 5.96 Å². The maximum atomic E-state index is 5.43. The summed E-state index contributed by atoms with van der Waals surface area (Å²) in [5.74, 6) is 1.72. The molecule has 2 N–H and O–H groups in total. The zero-order chi connectivity index (χ0) is 16.1. The second-order valence-electron chi connectivity index (χ2n) is 6.59. The van der Waals surface area contributed by atoms with Crippen molar-refractivity contribution < 1.29 is 4.74 Å². The van der Waals surface area contributed by atoms with Crippen molar-refractivity contribution >= 4 is 17.3 Å². The van der Waals surface area contributed by atoms with Crippen LogP contribution >= 0.6 is 11.3 Å². The van der Waals surface area contributed by atoms with Gasteiger partial charge in [-0.3, -0.25) is 4.90 Å². The van der Waals surface area contributed by atoms with E-state index in [4.69, 9.17) is 9.73 Å². The van der Waals surface area contributed by atoms with Crippen LogP contribution in [0.15, 0.2) is 22.5 Å². The van der Waals surface area contributed by atoms with Crippen LogP contribution in [-0.4, -0.2) is 55.8 Å². The number of hydrogen-bond acceptors (Lipinski definition) is 4. The molecular weight excluding hydrogens is 308 g/mol. The van der Waals surface area contributed by atoms with E-state index in [1.807, 2.05) is 0 Å². The summed E-state index contributed by atoms with van der Waals surface area (Å²) < 4.78 is 5.43. The standard InChI is InChI=1S/C17H28N4OS/c1-13-10-16(13)20-17(19-12-15-4-3-9-23-15)18-11-14(2)21-5-7-22-8-6-21/h3-4,9,13-14,16H,5-8,10-12H2,1-2H3,(H2,18,19,20)/t13-,14+,16+/m1/s1. The highest BCUT2D eigenvalue weighted by molar-refractivity contribution is 7.09. The van der Waals surface area contributed by atoms with Crippen LogP contribution in [0.1, 0.15) is 25.1 Å². The Bertz CT molecular complexity index is 499. The van der Waals surface area contributed by atoms with Crippen molar-refractivity contribution in [2.45, 2.75) is 38.9 Å². The Morgan fingerprint density at radius 2 is 2.26 bits per heavy atom. The van der Waals surface area contributed by atoms with Crippen LogP contribution in [0.4, 0.5) is 0 Å². The zero-order valence-corrected chi connectivity index (χ0v) is 14.9. The van der Waals surface area contributed by atoms with Crippen molar-refractivity contribution in [1.82, 2.24) is 15.5 Å². The lowest BCUT2D eigenvalue weighted by Gasteiger charge is -2.32. The largest absolute Gasteiger partial charge is 0.379 e. The summed E-state index contributed by atoms with van der Waals surface area (Å²) in [7, 11) is 0. The number of ether oxygens (including phenoxy) is 1. The number of rotatable bonds is 6. The molecule has 6 heteroatoms. The number of aliphatic imine (C=N–C) groups is 1. The predicted molar refractivity (Wildman–Crippen MR) is 96.0 cm³/mol. The van der Waals surface area contributed by atoms with Gasteiger partial charge < -0.3 is 15.4 Å². The lowest BCUT2D eigenvalue weighted by molar-refractivity contribution is 0.0211. The Labute approximate surface area is 143 Å². The van der Waals surface area contributed by atoms with Crippen LogP contribution in [0.5, 0.6) is 0 Å². The Morgan fingerprint density at radius 3 is 2.91 bits per heavy atom. The molecule has 0 amide bonds. The van der Waals surface area contributed by atoms with E-state index in [1.165, 1.54) is 11.3 Å². The number of nitrogens with zero attached hydrogens (tertiary/aromatic N) is 2. The monoisotopic (exact) mass is 336 g/mol. The van der Waals surface area contributed by atoms with Crippen molar-refractivity contribution in [3.8, 4) is 0 Å². The van der Waals surface area contributed by atoms with Crippen molar-refractivity contribution in [2.24, 2.45) is 10.9 Å². The van der Waals surface area contributed by atoms with Crippen LogP contribution < -0.4 is 10.6 Å². The third-order valence-corrected chi connectivity index (χ3v) is 5.50. The maximum absolute atomic E-state index is 5.43. The summed E-state index contributed by atoms with van der Waals surface area (Å²) in [4.78, 5) is 8.54. The normalized spacial score (nSPS) is 26.8. The molecule has 3 atom stereocenters. The Kier molecular flexibility index (Phi) is 5.91. The number of thiophene rings is 1. The average Bonchev–Trinajstić information content (AvgIpc) is 3.03. The van der Waals surface area contributed by atoms with Crippen LogP contribution in [0.2, 0.25) is 0 Å². The van der Waals surface area contributed by atoms with E-state index in [1.54, 1.807) is 11.3 Å². The van der Waals surface area contributed by atoms with Gasteiger partial charge in [0.25, 0.3) is 0 Å². The van der Waals surface area contributed by atoms with Crippen LogP contribution in [0, 0.1) is 5.92 Å². The van der Waals surface area contributed by atoms with Crippen LogP contribution in [0.3, 0.4) is 0 Å². The molecule has 0 spiro atoms. The van der Waals surface area contributed by atoms with Gasteiger partial charge in [0, 0.05) is 36.6 Å². The van der Waals surface area contributed by atoms with Crippen molar-refractivity contribution in [1.29, 1.82) is 0 Å². The molecule has 0 unspecified atom stereocenters. The summed E-state index contributed by atoms with van der Waals surface area (Å²) in [5, 5.41) is 9.20. The maximum Gasteiger partial charge on any atom is 0.191 e. The van der Waals surface area contributed by atoms with E-state index in [9.17, 15) is 0 Å². The molecule has 1 aromatic rings. The minimum atomic E-state index is 0.490. The molecule has 0 bridgehead atoms. The summed E-state index contributed by atoms with van der Waals surface area (Å²) in [5.41, 5.74) is 0. The van der Waals surface area contributed by atoms with Gasteiger partial charge in [-0.2, -0.15) is 0 Å². The van der Waals surface area contributed by atoms with Gasteiger partial charge in [-0.25, -0.2) is 4.99 Å². The molecule has 1 aliphatic carbocycles. The Morgan fingerprint density at radius 1 is 1.48 bits per heavy atom. The van der Waals surface area contributed by atoms with Gasteiger partial charge in [0.1, 0.15) is 0 Å². The number of nitrogens with one attached hydrogen (secondary N) is 2. The first-order valence-corrected chi connectivity index (χ1v) is 9.49. The molecule has 1 saturated carbocycles. The molecule has 1 aliphatic heterocycles. The van der Waals surface area contributed by atoms with Gasteiger partial charge in [-0.15, -0.1) is 11.3 Å². The van der Waals surface area contributed by atoms with E-state index in [2.05, 4.69) is 46.9 Å². The topological polar surface area (TPSA) is 48.9 Å². The Balaban J connectivity index is 1.51. The third-order valence-electron chi connectivity index (χ3n) is 4.64. The van der Waals surface area contributed by atoms with Crippen molar-refractivity contribution in [3.63, 3.8) is 0 Å². The highest BCUT2D eigenvalue weighted by Crippen LogP contribution is 2.28. The predicted octanol–water partition coefficient (Wildman–Crippen LogP) is 1.91. The molecule has 2 fully saturated rings. The average molecular weight is 337 g/mol. The highest BCUT2D eigenvalue weighted by Gasteiger charge is 2.33. The molecule has 5 nitrogen and oxygen atoms in total. The summed E-state index contributed by atoms with van der Waals surface area (Å²) in [6.07, 6.45) is 1.25. The molecule has 1 aromatic heterocycles. The fourth-order valence-corrected chi connectivity index (χ4v) is 3.43. The SMILES string of the molecule is C[C@@H]1C[C@@H]1NC(=NCc1cccs1)NC[C@H](C)N1CCOCC1. The first kappa shape index (κ1) is 16.7. The van der Waals surface area contributed by atoms with Crippen molar-refractivity contribution in [3.05, 3.63) is 22.4 Å². The highest BCUT2D eigenvalue weighted by atomic mass is 32.1. The lowest BCUT2D eigenvalue weighted by atomic mass is 10.2.